The lowest BCUT2D eigenvalue weighted by molar-refractivity contribution is 0.692. The molecule has 47 heavy (non-hydrogen) atoms. The molecular formula is C46H37N. The van der Waals surface area contributed by atoms with Crippen LogP contribution in [0.15, 0.2) is 187 Å². The first-order valence-corrected chi connectivity index (χ1v) is 16.2. The number of hydrogen-bond acceptors (Lipinski definition) is 1. The van der Waals surface area contributed by atoms with E-state index in [4.69, 9.17) is 0 Å². The average molecular weight is 604 g/mol. The van der Waals surface area contributed by atoms with Crippen molar-refractivity contribution in [2.75, 3.05) is 0 Å². The Balaban J connectivity index is 1.21. The fourth-order valence-electron chi connectivity index (χ4n) is 6.76. The molecule has 0 saturated heterocycles. The zero-order chi connectivity index (χ0) is 32.1. The van der Waals surface area contributed by atoms with Crippen molar-refractivity contribution in [2.45, 2.75) is 18.8 Å². The van der Waals surface area contributed by atoms with Crippen molar-refractivity contribution >= 4 is 23.2 Å². The molecule has 0 radical (unpaired) electrons. The summed E-state index contributed by atoms with van der Waals surface area (Å²) in [5.41, 5.74) is 11.6. The summed E-state index contributed by atoms with van der Waals surface area (Å²) >= 11 is 0. The largest absolute Gasteiger partial charge is 0.264 e. The smallest absolute Gasteiger partial charge is 0.0658 e. The SMILES string of the molecule is C=N/C(=C\Cc1ccccc1)c1ccc(-c2cccc3c(-c4ccc(C(C)(c5ccccc5)c5ccccc5)cc4)cccc23)cc1. The molecule has 0 aliphatic carbocycles. The molecule has 7 aromatic rings. The van der Waals surface area contributed by atoms with Crippen LogP contribution in [0.5, 0.6) is 0 Å². The normalized spacial score (nSPS) is 11.8. The van der Waals surface area contributed by atoms with Crippen LogP contribution in [0.2, 0.25) is 0 Å². The van der Waals surface area contributed by atoms with E-state index in [0.29, 0.717) is 0 Å². The van der Waals surface area contributed by atoms with Crippen LogP contribution >= 0.6 is 0 Å². The van der Waals surface area contributed by atoms with Gasteiger partial charge in [0.05, 0.1) is 5.70 Å². The molecule has 0 N–H and O–H groups in total. The van der Waals surface area contributed by atoms with E-state index >= 15 is 0 Å². The maximum absolute atomic E-state index is 4.34. The second-order valence-corrected chi connectivity index (χ2v) is 12.2. The molecule has 0 atom stereocenters. The summed E-state index contributed by atoms with van der Waals surface area (Å²) in [5, 5.41) is 2.48. The third-order valence-electron chi connectivity index (χ3n) is 9.43. The minimum absolute atomic E-state index is 0.267. The van der Waals surface area contributed by atoms with E-state index in [1.54, 1.807) is 0 Å². The minimum atomic E-state index is -0.267. The van der Waals surface area contributed by atoms with Crippen LogP contribution in [0.1, 0.15) is 34.7 Å². The van der Waals surface area contributed by atoms with Gasteiger partial charge in [-0.15, -0.1) is 0 Å². The molecule has 0 spiro atoms. The molecule has 0 amide bonds. The highest BCUT2D eigenvalue weighted by atomic mass is 14.7. The van der Waals surface area contributed by atoms with E-state index in [2.05, 4.69) is 195 Å². The van der Waals surface area contributed by atoms with Gasteiger partial charge in [-0.25, -0.2) is 0 Å². The van der Waals surface area contributed by atoms with E-state index in [-0.39, 0.29) is 5.41 Å². The van der Waals surface area contributed by atoms with Crippen LogP contribution in [0, 0.1) is 0 Å². The second-order valence-electron chi connectivity index (χ2n) is 12.2. The molecule has 0 heterocycles. The quantitative estimate of drug-likeness (QED) is 0.115. The lowest BCUT2D eigenvalue weighted by Crippen LogP contribution is -2.25. The molecule has 0 aromatic heterocycles. The van der Waals surface area contributed by atoms with Gasteiger partial charge in [0.2, 0.25) is 0 Å². The zero-order valence-electron chi connectivity index (χ0n) is 26.7. The third kappa shape index (κ3) is 5.96. The van der Waals surface area contributed by atoms with E-state index in [1.807, 2.05) is 6.07 Å². The predicted molar refractivity (Wildman–Crippen MR) is 201 cm³/mol. The topological polar surface area (TPSA) is 12.4 Å². The van der Waals surface area contributed by atoms with Crippen LogP contribution in [-0.4, -0.2) is 6.72 Å². The van der Waals surface area contributed by atoms with Crippen LogP contribution in [0.3, 0.4) is 0 Å². The molecule has 0 unspecified atom stereocenters. The summed E-state index contributed by atoms with van der Waals surface area (Å²) in [6.07, 6.45) is 2.97. The molecule has 0 bridgehead atoms. The molecular weight excluding hydrogens is 567 g/mol. The van der Waals surface area contributed by atoms with Crippen molar-refractivity contribution in [1.82, 2.24) is 0 Å². The van der Waals surface area contributed by atoms with E-state index in [1.165, 1.54) is 55.3 Å². The summed E-state index contributed by atoms with van der Waals surface area (Å²) < 4.78 is 0. The number of fused-ring (bicyclic) bond motifs is 1. The zero-order valence-corrected chi connectivity index (χ0v) is 26.7. The van der Waals surface area contributed by atoms with Gasteiger partial charge < -0.3 is 0 Å². The van der Waals surface area contributed by atoms with Crippen molar-refractivity contribution in [3.63, 3.8) is 0 Å². The first-order chi connectivity index (χ1) is 23.1. The van der Waals surface area contributed by atoms with Gasteiger partial charge in [-0.05, 0) is 80.9 Å². The Kier molecular flexibility index (Phi) is 8.45. The molecule has 1 heteroatoms. The average Bonchev–Trinajstić information content (AvgIpc) is 3.16. The van der Waals surface area contributed by atoms with Crippen molar-refractivity contribution in [2.24, 2.45) is 4.99 Å². The number of nitrogens with zero attached hydrogens (tertiary/aromatic N) is 1. The van der Waals surface area contributed by atoms with Crippen LogP contribution < -0.4 is 0 Å². The van der Waals surface area contributed by atoms with E-state index in [0.717, 1.165) is 17.7 Å². The predicted octanol–water partition coefficient (Wildman–Crippen LogP) is 11.8. The Hall–Kier alpha value is -5.79. The van der Waals surface area contributed by atoms with E-state index in [9.17, 15) is 0 Å². The van der Waals surface area contributed by atoms with Gasteiger partial charge in [0.25, 0.3) is 0 Å². The van der Waals surface area contributed by atoms with Crippen molar-refractivity contribution in [3.8, 4) is 22.3 Å². The summed E-state index contributed by atoms with van der Waals surface area (Å²) in [4.78, 5) is 4.34. The number of benzene rings is 7. The van der Waals surface area contributed by atoms with Crippen molar-refractivity contribution in [3.05, 3.63) is 210 Å². The summed E-state index contributed by atoms with van der Waals surface area (Å²) in [6.45, 7) is 6.17. The second kappa shape index (κ2) is 13.3. The Morgan fingerprint density at radius 2 is 0.957 bits per heavy atom. The first-order valence-electron chi connectivity index (χ1n) is 16.2. The van der Waals surface area contributed by atoms with Gasteiger partial charge in [0, 0.05) is 5.41 Å². The molecule has 0 aliphatic rings. The molecule has 7 rings (SSSR count). The van der Waals surface area contributed by atoms with Gasteiger partial charge in [-0.3, -0.25) is 4.99 Å². The van der Waals surface area contributed by atoms with E-state index < -0.39 is 0 Å². The fourth-order valence-corrected chi connectivity index (χ4v) is 6.76. The summed E-state index contributed by atoms with van der Waals surface area (Å²) in [7, 11) is 0. The number of hydrogen-bond donors (Lipinski definition) is 0. The number of rotatable bonds is 9. The fraction of sp³-hybridized carbons (Fsp3) is 0.0652. The minimum Gasteiger partial charge on any atom is -0.264 e. The van der Waals surface area contributed by atoms with Crippen LogP contribution in [0.4, 0.5) is 0 Å². The highest BCUT2D eigenvalue weighted by Gasteiger charge is 2.30. The van der Waals surface area contributed by atoms with Crippen molar-refractivity contribution < 1.29 is 0 Å². The van der Waals surface area contributed by atoms with Gasteiger partial charge in [-0.2, -0.15) is 0 Å². The van der Waals surface area contributed by atoms with Crippen molar-refractivity contribution in [1.29, 1.82) is 0 Å². The third-order valence-corrected chi connectivity index (χ3v) is 9.43. The molecule has 1 nitrogen and oxygen atoms in total. The highest BCUT2D eigenvalue weighted by molar-refractivity contribution is 6.04. The molecule has 226 valence electrons. The number of aliphatic imine (C=N–C) groups is 1. The lowest BCUT2D eigenvalue weighted by atomic mass is 9.71. The maximum Gasteiger partial charge on any atom is 0.0658 e. The van der Waals surface area contributed by atoms with Gasteiger partial charge in [0.1, 0.15) is 0 Å². The monoisotopic (exact) mass is 603 g/mol. The Morgan fingerprint density at radius 3 is 1.45 bits per heavy atom. The van der Waals surface area contributed by atoms with Crippen LogP contribution in [0.25, 0.3) is 38.7 Å². The van der Waals surface area contributed by atoms with Gasteiger partial charge >= 0.3 is 0 Å². The molecule has 0 saturated carbocycles. The highest BCUT2D eigenvalue weighted by Crippen LogP contribution is 2.40. The van der Waals surface area contributed by atoms with Gasteiger partial charge in [-0.1, -0.05) is 182 Å². The van der Waals surface area contributed by atoms with Gasteiger partial charge in [0.15, 0.2) is 0 Å². The number of allylic oxidation sites excluding steroid dienone is 1. The molecule has 0 aliphatic heterocycles. The molecule has 7 aromatic carbocycles. The Morgan fingerprint density at radius 1 is 0.511 bits per heavy atom. The summed E-state index contributed by atoms with van der Waals surface area (Å²) in [5.74, 6) is 0. The summed E-state index contributed by atoms with van der Waals surface area (Å²) in [6, 6.07) is 63.2. The lowest BCUT2D eigenvalue weighted by Gasteiger charge is -2.32. The Labute approximate surface area is 278 Å². The standard InChI is InChI=1S/C46H37N/c1-46(38-16-8-4-9-17-38,39-18-10-5-11-19-39)40-31-29-36(30-32-40)42-21-13-22-43-41(20-12-23-44(42)43)35-25-27-37(28-26-35)45(47-2)33-24-34-14-6-3-7-15-34/h3-23,25-33H,2,24H2,1H3/b45-33-. The Bertz CT molecular complexity index is 2100. The van der Waals surface area contributed by atoms with Crippen LogP contribution in [-0.2, 0) is 11.8 Å². The maximum atomic E-state index is 4.34. The first kappa shape index (κ1) is 29.9. The molecule has 0 fully saturated rings.